The van der Waals surface area contributed by atoms with Gasteiger partial charge in [0.25, 0.3) is 5.69 Å². The molecule has 2 aromatic rings. The smallest absolute Gasteiger partial charge is 0.293 e. The molecule has 1 heterocycles. The summed E-state index contributed by atoms with van der Waals surface area (Å²) in [5, 5.41) is 12.1. The van der Waals surface area contributed by atoms with Crippen LogP contribution in [0, 0.1) is 10.1 Å². The van der Waals surface area contributed by atoms with Crippen molar-refractivity contribution in [2.24, 2.45) is 0 Å². The van der Waals surface area contributed by atoms with Crippen molar-refractivity contribution in [3.8, 4) is 0 Å². The highest BCUT2D eigenvalue weighted by Gasteiger charge is 2.20. The second kappa shape index (κ2) is 5.97. The second-order valence-electron chi connectivity index (χ2n) is 4.45. The van der Waals surface area contributed by atoms with E-state index in [1.165, 1.54) is 11.5 Å². The van der Waals surface area contributed by atoms with Crippen molar-refractivity contribution < 1.29 is 4.92 Å². The topological polar surface area (TPSA) is 59.3 Å². The Morgan fingerprint density at radius 2 is 2.00 bits per heavy atom. The number of rotatable bonds is 6. The molecule has 0 unspecified atom stereocenters. The molecule has 0 aliphatic carbocycles. The third-order valence-electron chi connectivity index (χ3n) is 2.97. The lowest BCUT2D eigenvalue weighted by atomic mass is 10.2. The van der Waals surface area contributed by atoms with Crippen LogP contribution < -0.4 is 4.90 Å². The zero-order chi connectivity index (χ0) is 13.8. The Kier molecular flexibility index (Phi) is 4.31. The van der Waals surface area contributed by atoms with E-state index in [2.05, 4.69) is 23.1 Å². The number of hydrogen-bond donors (Lipinski definition) is 0. The van der Waals surface area contributed by atoms with Gasteiger partial charge in [0.2, 0.25) is 0 Å². The van der Waals surface area contributed by atoms with Gasteiger partial charge in [-0.1, -0.05) is 13.8 Å². The molecule has 0 saturated carbocycles. The van der Waals surface area contributed by atoms with Crippen molar-refractivity contribution in [3.63, 3.8) is 0 Å². The van der Waals surface area contributed by atoms with Gasteiger partial charge in [0.05, 0.1) is 9.62 Å². The van der Waals surface area contributed by atoms with Gasteiger partial charge in [0, 0.05) is 30.7 Å². The lowest BCUT2D eigenvalue weighted by Gasteiger charge is -2.23. The molecule has 0 saturated heterocycles. The maximum atomic E-state index is 11.3. The first-order valence-electron chi connectivity index (χ1n) is 6.45. The fourth-order valence-electron chi connectivity index (χ4n) is 2.19. The Morgan fingerprint density at radius 1 is 1.32 bits per heavy atom. The molecule has 0 bridgehead atoms. The van der Waals surface area contributed by atoms with Crippen LogP contribution in [0.25, 0.3) is 10.1 Å². The van der Waals surface area contributed by atoms with Crippen LogP contribution in [-0.2, 0) is 0 Å². The Labute approximate surface area is 116 Å². The lowest BCUT2D eigenvalue weighted by Crippen LogP contribution is -2.25. The SMILES string of the molecule is CCCN(CCC)c1cc2sncc2cc1[N+](=O)[O-]. The summed E-state index contributed by atoms with van der Waals surface area (Å²) in [4.78, 5) is 13.1. The van der Waals surface area contributed by atoms with Gasteiger partial charge in [0.1, 0.15) is 5.69 Å². The predicted octanol–water partition coefficient (Wildman–Crippen LogP) is 3.83. The normalized spacial score (nSPS) is 10.8. The monoisotopic (exact) mass is 279 g/mol. The van der Waals surface area contributed by atoms with Crippen molar-refractivity contribution >= 4 is 33.0 Å². The van der Waals surface area contributed by atoms with Gasteiger partial charge >= 0.3 is 0 Å². The molecule has 0 spiro atoms. The van der Waals surface area contributed by atoms with E-state index in [0.717, 1.165) is 36.0 Å². The molecule has 6 heteroatoms. The molecular weight excluding hydrogens is 262 g/mol. The van der Waals surface area contributed by atoms with Crippen molar-refractivity contribution in [2.75, 3.05) is 18.0 Å². The predicted molar refractivity (Wildman–Crippen MR) is 79.1 cm³/mol. The highest BCUT2D eigenvalue weighted by Crippen LogP contribution is 2.34. The van der Waals surface area contributed by atoms with E-state index in [-0.39, 0.29) is 10.6 Å². The second-order valence-corrected chi connectivity index (χ2v) is 5.28. The highest BCUT2D eigenvalue weighted by molar-refractivity contribution is 7.13. The fraction of sp³-hybridized carbons (Fsp3) is 0.462. The largest absolute Gasteiger partial charge is 0.366 e. The summed E-state index contributed by atoms with van der Waals surface area (Å²) in [5.74, 6) is 0. The van der Waals surface area contributed by atoms with Crippen molar-refractivity contribution in [3.05, 3.63) is 28.4 Å². The van der Waals surface area contributed by atoms with E-state index in [1.807, 2.05) is 6.07 Å². The number of nitro groups is 1. The van der Waals surface area contributed by atoms with Crippen LogP contribution in [0.3, 0.4) is 0 Å². The summed E-state index contributed by atoms with van der Waals surface area (Å²) in [6, 6.07) is 3.53. The van der Waals surface area contributed by atoms with E-state index in [9.17, 15) is 10.1 Å². The first kappa shape index (κ1) is 13.7. The average molecular weight is 279 g/mol. The first-order valence-corrected chi connectivity index (χ1v) is 7.22. The minimum absolute atomic E-state index is 0.176. The Hall–Kier alpha value is -1.69. The quantitative estimate of drug-likeness (QED) is 0.595. The van der Waals surface area contributed by atoms with Crippen molar-refractivity contribution in [2.45, 2.75) is 26.7 Å². The number of fused-ring (bicyclic) bond motifs is 1. The van der Waals surface area contributed by atoms with Crippen LogP contribution >= 0.6 is 11.5 Å². The van der Waals surface area contributed by atoms with Crippen molar-refractivity contribution in [1.29, 1.82) is 0 Å². The van der Waals surface area contributed by atoms with E-state index < -0.39 is 0 Å². The molecule has 0 fully saturated rings. The minimum Gasteiger partial charge on any atom is -0.366 e. The van der Waals surface area contributed by atoms with E-state index in [0.29, 0.717) is 5.69 Å². The van der Waals surface area contributed by atoms with Crippen LogP contribution in [0.5, 0.6) is 0 Å². The molecule has 0 amide bonds. The zero-order valence-electron chi connectivity index (χ0n) is 11.1. The van der Waals surface area contributed by atoms with Gasteiger partial charge in [-0.15, -0.1) is 0 Å². The van der Waals surface area contributed by atoms with Gasteiger partial charge in [-0.3, -0.25) is 10.1 Å². The Morgan fingerprint density at radius 3 is 2.58 bits per heavy atom. The fourth-order valence-corrected chi connectivity index (χ4v) is 2.85. The Bertz CT molecular complexity index is 576. The van der Waals surface area contributed by atoms with Gasteiger partial charge in [-0.2, -0.15) is 4.37 Å². The summed E-state index contributed by atoms with van der Waals surface area (Å²) < 4.78 is 5.09. The van der Waals surface area contributed by atoms with Gasteiger partial charge < -0.3 is 4.90 Å². The molecule has 0 aliphatic rings. The summed E-state index contributed by atoms with van der Waals surface area (Å²) >= 11 is 1.38. The number of nitro benzene ring substituents is 1. The summed E-state index contributed by atoms with van der Waals surface area (Å²) in [5.41, 5.74) is 0.889. The summed E-state index contributed by atoms with van der Waals surface area (Å²) in [6.07, 6.45) is 3.62. The minimum atomic E-state index is -0.301. The lowest BCUT2D eigenvalue weighted by molar-refractivity contribution is -0.384. The molecule has 0 atom stereocenters. The maximum absolute atomic E-state index is 11.3. The number of benzene rings is 1. The zero-order valence-corrected chi connectivity index (χ0v) is 11.9. The van der Waals surface area contributed by atoms with E-state index >= 15 is 0 Å². The van der Waals surface area contributed by atoms with E-state index in [1.54, 1.807) is 12.3 Å². The molecular formula is C13H17N3O2S. The van der Waals surface area contributed by atoms with Crippen LogP contribution in [0.2, 0.25) is 0 Å². The third-order valence-corrected chi connectivity index (χ3v) is 3.74. The standard InChI is InChI=1S/C13H17N3O2S/c1-3-5-15(6-4-2)11-8-13-10(9-14-19-13)7-12(11)16(17)18/h7-9H,3-6H2,1-2H3. The average Bonchev–Trinajstić information content (AvgIpc) is 2.84. The molecule has 1 aromatic carbocycles. The Balaban J connectivity index is 2.53. The molecule has 2 rings (SSSR count). The maximum Gasteiger partial charge on any atom is 0.293 e. The number of hydrogen-bond acceptors (Lipinski definition) is 5. The number of nitrogens with zero attached hydrogens (tertiary/aromatic N) is 3. The highest BCUT2D eigenvalue weighted by atomic mass is 32.1. The molecule has 19 heavy (non-hydrogen) atoms. The molecule has 1 aromatic heterocycles. The van der Waals surface area contributed by atoms with E-state index in [4.69, 9.17) is 0 Å². The van der Waals surface area contributed by atoms with Gasteiger partial charge in [-0.25, -0.2) is 0 Å². The van der Waals surface area contributed by atoms with Crippen LogP contribution in [0.1, 0.15) is 26.7 Å². The van der Waals surface area contributed by atoms with Crippen LogP contribution in [0.4, 0.5) is 11.4 Å². The van der Waals surface area contributed by atoms with Crippen LogP contribution in [-0.4, -0.2) is 22.4 Å². The van der Waals surface area contributed by atoms with Gasteiger partial charge in [-0.05, 0) is 30.4 Å². The first-order chi connectivity index (χ1) is 9.17. The van der Waals surface area contributed by atoms with Crippen LogP contribution in [0.15, 0.2) is 18.3 Å². The number of anilines is 1. The summed E-state index contributed by atoms with van der Waals surface area (Å²) in [7, 11) is 0. The third kappa shape index (κ3) is 2.84. The molecule has 5 nitrogen and oxygen atoms in total. The molecule has 0 radical (unpaired) electrons. The molecule has 102 valence electrons. The van der Waals surface area contributed by atoms with Crippen molar-refractivity contribution in [1.82, 2.24) is 4.37 Å². The number of aromatic nitrogens is 1. The summed E-state index contributed by atoms with van der Waals surface area (Å²) in [6.45, 7) is 5.83. The molecule has 0 N–H and O–H groups in total. The molecule has 0 aliphatic heterocycles. The van der Waals surface area contributed by atoms with Gasteiger partial charge in [0.15, 0.2) is 0 Å².